The third kappa shape index (κ3) is 2.65. The summed E-state index contributed by atoms with van der Waals surface area (Å²) >= 11 is 0. The van der Waals surface area contributed by atoms with E-state index in [2.05, 4.69) is 27.3 Å². The van der Waals surface area contributed by atoms with E-state index in [0.29, 0.717) is 0 Å². The SMILES string of the molecule is C=C(N=O)c1nnnn1Cc1ccc([N+](=O)[O-])cc1. The number of rotatable bonds is 5. The van der Waals surface area contributed by atoms with E-state index < -0.39 is 4.92 Å². The van der Waals surface area contributed by atoms with Crippen molar-refractivity contribution in [3.8, 4) is 0 Å². The van der Waals surface area contributed by atoms with E-state index in [9.17, 15) is 15.0 Å². The average Bonchev–Trinajstić information content (AvgIpc) is 2.86. The molecule has 0 saturated heterocycles. The van der Waals surface area contributed by atoms with Gasteiger partial charge < -0.3 is 0 Å². The number of nitro groups is 1. The molecule has 2 rings (SSSR count). The maximum absolute atomic E-state index is 10.5. The van der Waals surface area contributed by atoms with Gasteiger partial charge in [0.15, 0.2) is 0 Å². The number of hydrogen-bond acceptors (Lipinski definition) is 7. The van der Waals surface area contributed by atoms with Gasteiger partial charge in [-0.25, -0.2) is 4.68 Å². The Balaban J connectivity index is 2.22. The number of tetrazole rings is 1. The molecule has 19 heavy (non-hydrogen) atoms. The van der Waals surface area contributed by atoms with Crippen molar-refractivity contribution >= 4 is 11.4 Å². The van der Waals surface area contributed by atoms with Gasteiger partial charge in [-0.1, -0.05) is 18.7 Å². The Morgan fingerprint density at radius 3 is 2.68 bits per heavy atom. The molecule has 0 saturated carbocycles. The van der Waals surface area contributed by atoms with E-state index in [1.165, 1.54) is 16.8 Å². The monoisotopic (exact) mass is 260 g/mol. The van der Waals surface area contributed by atoms with E-state index in [-0.39, 0.29) is 23.8 Å². The maximum Gasteiger partial charge on any atom is 0.269 e. The van der Waals surface area contributed by atoms with Crippen molar-refractivity contribution in [2.45, 2.75) is 6.54 Å². The molecule has 0 amide bonds. The molecule has 0 unspecified atom stereocenters. The molecule has 0 aliphatic carbocycles. The van der Waals surface area contributed by atoms with Crippen LogP contribution in [0.3, 0.4) is 0 Å². The summed E-state index contributed by atoms with van der Waals surface area (Å²) in [7, 11) is 0. The second kappa shape index (κ2) is 5.12. The Morgan fingerprint density at radius 1 is 1.42 bits per heavy atom. The van der Waals surface area contributed by atoms with Gasteiger partial charge in [0, 0.05) is 12.1 Å². The average molecular weight is 260 g/mol. The zero-order valence-electron chi connectivity index (χ0n) is 9.63. The summed E-state index contributed by atoms with van der Waals surface area (Å²) in [4.78, 5) is 20.4. The summed E-state index contributed by atoms with van der Waals surface area (Å²) in [6.07, 6.45) is 0. The summed E-state index contributed by atoms with van der Waals surface area (Å²) in [6, 6.07) is 5.93. The molecule has 0 bridgehead atoms. The molecule has 1 aromatic heterocycles. The van der Waals surface area contributed by atoms with Gasteiger partial charge in [-0.15, -0.1) is 10.0 Å². The van der Waals surface area contributed by atoms with Gasteiger partial charge in [0.25, 0.3) is 5.69 Å². The molecule has 0 aliphatic rings. The zero-order chi connectivity index (χ0) is 13.8. The predicted molar refractivity (Wildman–Crippen MR) is 64.8 cm³/mol. The predicted octanol–water partition coefficient (Wildman–Crippen LogP) is 1.37. The highest BCUT2D eigenvalue weighted by Gasteiger charge is 2.11. The minimum atomic E-state index is -0.482. The number of aromatic nitrogens is 4. The van der Waals surface area contributed by atoms with Crippen LogP contribution in [-0.2, 0) is 6.54 Å². The van der Waals surface area contributed by atoms with Crippen molar-refractivity contribution in [2.75, 3.05) is 0 Å². The van der Waals surface area contributed by atoms with Gasteiger partial charge in [0.2, 0.25) is 5.82 Å². The molecule has 0 atom stereocenters. The lowest BCUT2D eigenvalue weighted by Gasteiger charge is -2.03. The third-order valence-corrected chi connectivity index (χ3v) is 2.38. The quantitative estimate of drug-likeness (QED) is 0.455. The van der Waals surface area contributed by atoms with Crippen molar-refractivity contribution < 1.29 is 4.92 Å². The molecule has 9 heteroatoms. The molecule has 9 nitrogen and oxygen atoms in total. The van der Waals surface area contributed by atoms with Crippen LogP contribution in [0, 0.1) is 15.0 Å². The molecule has 1 aromatic carbocycles. The highest BCUT2D eigenvalue weighted by molar-refractivity contribution is 5.54. The Hall–Kier alpha value is -2.97. The van der Waals surface area contributed by atoms with E-state index >= 15 is 0 Å². The van der Waals surface area contributed by atoms with Crippen molar-refractivity contribution in [1.29, 1.82) is 0 Å². The van der Waals surface area contributed by atoms with E-state index in [0.717, 1.165) is 5.56 Å². The summed E-state index contributed by atoms with van der Waals surface area (Å²) < 4.78 is 1.34. The van der Waals surface area contributed by atoms with Crippen molar-refractivity contribution in [3.05, 3.63) is 57.3 Å². The van der Waals surface area contributed by atoms with E-state index in [4.69, 9.17) is 0 Å². The molecule has 0 spiro atoms. The second-order valence-corrected chi connectivity index (χ2v) is 3.62. The fraction of sp³-hybridized carbons (Fsp3) is 0.100. The summed E-state index contributed by atoms with van der Waals surface area (Å²) in [6.45, 7) is 3.68. The highest BCUT2D eigenvalue weighted by atomic mass is 16.6. The van der Waals surface area contributed by atoms with Crippen molar-refractivity contribution in [2.24, 2.45) is 5.18 Å². The zero-order valence-corrected chi connectivity index (χ0v) is 9.63. The number of non-ortho nitro benzene ring substituents is 1. The molecule has 2 aromatic rings. The lowest BCUT2D eigenvalue weighted by atomic mass is 10.2. The van der Waals surface area contributed by atoms with Crippen LogP contribution < -0.4 is 0 Å². The van der Waals surface area contributed by atoms with E-state index in [1.807, 2.05) is 0 Å². The fourth-order valence-corrected chi connectivity index (χ4v) is 1.45. The lowest BCUT2D eigenvalue weighted by molar-refractivity contribution is -0.384. The number of nitro benzene ring substituents is 1. The first-order valence-electron chi connectivity index (χ1n) is 5.14. The van der Waals surface area contributed by atoms with Crippen LogP contribution >= 0.6 is 0 Å². The van der Waals surface area contributed by atoms with Gasteiger partial charge in [0.05, 0.1) is 11.5 Å². The number of nitroso groups, excluding NO2 is 1. The summed E-state index contributed by atoms with van der Waals surface area (Å²) in [5.74, 6) is 0.161. The Labute approximate surface area is 106 Å². The topological polar surface area (TPSA) is 116 Å². The van der Waals surface area contributed by atoms with E-state index in [1.54, 1.807) is 12.1 Å². The Morgan fingerprint density at radius 2 is 2.11 bits per heavy atom. The number of nitrogens with zero attached hydrogens (tertiary/aromatic N) is 6. The van der Waals surface area contributed by atoms with Crippen molar-refractivity contribution in [1.82, 2.24) is 20.2 Å². The largest absolute Gasteiger partial charge is 0.269 e. The second-order valence-electron chi connectivity index (χ2n) is 3.62. The van der Waals surface area contributed by atoms with Gasteiger partial charge >= 0.3 is 0 Å². The smallest absolute Gasteiger partial charge is 0.258 e. The summed E-state index contributed by atoms with van der Waals surface area (Å²) in [5.41, 5.74) is 0.671. The van der Waals surface area contributed by atoms with Crippen LogP contribution in [0.25, 0.3) is 5.70 Å². The Bertz CT molecular complexity index is 633. The molecule has 0 N–H and O–H groups in total. The first-order valence-corrected chi connectivity index (χ1v) is 5.14. The molecule has 0 radical (unpaired) electrons. The van der Waals surface area contributed by atoms with Crippen LogP contribution in [0.15, 0.2) is 36.0 Å². The fourth-order valence-electron chi connectivity index (χ4n) is 1.45. The van der Waals surface area contributed by atoms with Crippen molar-refractivity contribution in [3.63, 3.8) is 0 Å². The van der Waals surface area contributed by atoms with Gasteiger partial charge in [-0.05, 0) is 21.2 Å². The first-order chi connectivity index (χ1) is 9.11. The van der Waals surface area contributed by atoms with Gasteiger partial charge in [-0.3, -0.25) is 10.1 Å². The van der Waals surface area contributed by atoms with Crippen LogP contribution in [-0.4, -0.2) is 25.1 Å². The molecule has 0 aliphatic heterocycles. The first kappa shape index (κ1) is 12.5. The molecule has 0 fully saturated rings. The molecular weight excluding hydrogens is 252 g/mol. The highest BCUT2D eigenvalue weighted by Crippen LogP contribution is 2.14. The number of hydrogen-bond donors (Lipinski definition) is 0. The van der Waals surface area contributed by atoms with Crippen LogP contribution in [0.1, 0.15) is 11.4 Å². The minimum Gasteiger partial charge on any atom is -0.258 e. The molecule has 1 heterocycles. The van der Waals surface area contributed by atoms with Crippen LogP contribution in [0.2, 0.25) is 0 Å². The normalized spacial score (nSPS) is 10.1. The maximum atomic E-state index is 10.5. The standard InChI is InChI=1S/C10H8N6O3/c1-7(12-17)10-11-13-14-15(10)6-8-2-4-9(5-3-8)16(18)19/h2-5H,1,6H2. The van der Waals surface area contributed by atoms with Gasteiger partial charge in [0.1, 0.15) is 5.70 Å². The summed E-state index contributed by atoms with van der Waals surface area (Å²) in [5, 5.41) is 24.0. The Kier molecular flexibility index (Phi) is 3.37. The van der Waals surface area contributed by atoms with Gasteiger partial charge in [-0.2, -0.15) is 0 Å². The molecular formula is C10H8N6O3. The number of benzene rings is 1. The van der Waals surface area contributed by atoms with Crippen LogP contribution in [0.4, 0.5) is 5.69 Å². The van der Waals surface area contributed by atoms with Crippen LogP contribution in [0.5, 0.6) is 0 Å². The lowest BCUT2D eigenvalue weighted by Crippen LogP contribution is -2.06. The third-order valence-electron chi connectivity index (χ3n) is 2.38. The minimum absolute atomic E-state index is 0.000318. The molecule has 96 valence electrons.